The Balaban J connectivity index is 0.969. The van der Waals surface area contributed by atoms with E-state index < -0.39 is 0 Å². The Morgan fingerprint density at radius 1 is 0.258 bits per heavy atom. The second-order valence-corrected chi connectivity index (χ2v) is 17.3. The standard InChI is InChI=1S/C62H38N4/c1-4-20-44-39(15-1)18-13-27-48(44)55-38-56(49-28-14-19-40-16-2-5-21-45(40)49)64-62(63-55)66-58-30-12-10-26-52(58)54-36-42(32-34-60(54)66)41-31-33-59-53(35-41)51-25-9-11-29-57(51)65(59)61-37-43-17-3-6-22-46(43)47-23-7-8-24-50(47)61/h1-38H. The summed E-state index contributed by atoms with van der Waals surface area (Å²) in [5, 5.41) is 14.4. The maximum atomic E-state index is 5.46. The highest BCUT2D eigenvalue weighted by atomic mass is 15.2. The molecule has 0 saturated carbocycles. The van der Waals surface area contributed by atoms with Gasteiger partial charge in [-0.15, -0.1) is 0 Å². The van der Waals surface area contributed by atoms with Crippen LogP contribution in [0.15, 0.2) is 231 Å². The molecule has 0 spiro atoms. The van der Waals surface area contributed by atoms with Gasteiger partial charge in [-0.1, -0.05) is 182 Å². The van der Waals surface area contributed by atoms with Crippen LogP contribution in [0.2, 0.25) is 0 Å². The van der Waals surface area contributed by atoms with Crippen molar-refractivity contribution >= 4 is 86.7 Å². The zero-order valence-electron chi connectivity index (χ0n) is 35.7. The van der Waals surface area contributed by atoms with Gasteiger partial charge in [0.05, 0.1) is 39.1 Å². The van der Waals surface area contributed by atoms with E-state index in [9.17, 15) is 0 Å². The summed E-state index contributed by atoms with van der Waals surface area (Å²) in [5.74, 6) is 0.637. The van der Waals surface area contributed by atoms with Crippen LogP contribution in [0.25, 0.3) is 132 Å². The molecule has 0 radical (unpaired) electrons. The number of para-hydroxylation sites is 2. The summed E-state index contributed by atoms with van der Waals surface area (Å²) in [4.78, 5) is 10.9. The van der Waals surface area contributed by atoms with Crippen LogP contribution in [0.3, 0.4) is 0 Å². The number of benzene rings is 11. The lowest BCUT2D eigenvalue weighted by Crippen LogP contribution is -2.04. The summed E-state index contributed by atoms with van der Waals surface area (Å²) >= 11 is 0. The molecule has 306 valence electrons. The summed E-state index contributed by atoms with van der Waals surface area (Å²) < 4.78 is 4.71. The summed E-state index contributed by atoms with van der Waals surface area (Å²) in [6.07, 6.45) is 0. The quantitative estimate of drug-likeness (QED) is 0.162. The number of fused-ring (bicyclic) bond motifs is 11. The maximum absolute atomic E-state index is 5.46. The van der Waals surface area contributed by atoms with Gasteiger partial charge < -0.3 is 4.57 Å². The van der Waals surface area contributed by atoms with Gasteiger partial charge in [0, 0.05) is 38.1 Å². The van der Waals surface area contributed by atoms with Crippen molar-refractivity contribution in [2.24, 2.45) is 0 Å². The van der Waals surface area contributed by atoms with E-state index in [1.54, 1.807) is 0 Å². The van der Waals surface area contributed by atoms with Crippen molar-refractivity contribution in [3.8, 4) is 45.3 Å². The fourth-order valence-corrected chi connectivity index (χ4v) is 10.7. The molecule has 0 saturated heterocycles. The van der Waals surface area contributed by atoms with Gasteiger partial charge in [-0.25, -0.2) is 9.97 Å². The number of hydrogen-bond donors (Lipinski definition) is 0. The SMILES string of the molecule is c1ccc2c(-c3cc(-c4cccc5ccccc45)nc(-n4c5ccccc5c5cc(-c6ccc7c(c6)c6ccccc6n7-c6cc7ccccc7c7ccccc67)ccc54)n3)cccc2c1. The van der Waals surface area contributed by atoms with E-state index in [1.165, 1.54) is 65.4 Å². The van der Waals surface area contributed by atoms with E-state index >= 15 is 0 Å². The van der Waals surface area contributed by atoms with Crippen LogP contribution in [0.5, 0.6) is 0 Å². The van der Waals surface area contributed by atoms with Gasteiger partial charge in [-0.2, -0.15) is 0 Å². The fraction of sp³-hybridized carbons (Fsp3) is 0. The van der Waals surface area contributed by atoms with Crippen LogP contribution >= 0.6 is 0 Å². The van der Waals surface area contributed by atoms with E-state index in [-0.39, 0.29) is 0 Å². The third-order valence-electron chi connectivity index (χ3n) is 13.7. The van der Waals surface area contributed by atoms with Crippen molar-refractivity contribution in [1.82, 2.24) is 19.1 Å². The first-order chi connectivity index (χ1) is 32.7. The summed E-state index contributed by atoms with van der Waals surface area (Å²) in [5.41, 5.74) is 11.9. The Hall–Kier alpha value is -8.86. The molecule has 3 heterocycles. The molecule has 0 unspecified atom stereocenters. The predicted octanol–water partition coefficient (Wildman–Crippen LogP) is 16.3. The molecule has 66 heavy (non-hydrogen) atoms. The summed E-state index contributed by atoms with van der Waals surface area (Å²) in [6.45, 7) is 0. The number of rotatable bonds is 5. The van der Waals surface area contributed by atoms with Crippen LogP contribution in [0.4, 0.5) is 0 Å². The topological polar surface area (TPSA) is 35.6 Å². The highest BCUT2D eigenvalue weighted by Crippen LogP contribution is 2.41. The Labute approximate surface area is 379 Å². The lowest BCUT2D eigenvalue weighted by atomic mass is 9.99. The first-order valence-corrected chi connectivity index (χ1v) is 22.6. The van der Waals surface area contributed by atoms with Crippen molar-refractivity contribution < 1.29 is 0 Å². The molecule has 0 amide bonds. The minimum Gasteiger partial charge on any atom is -0.309 e. The monoisotopic (exact) mass is 838 g/mol. The summed E-state index contributed by atoms with van der Waals surface area (Å²) in [7, 11) is 0. The average Bonchev–Trinajstić information content (AvgIpc) is 3.90. The molecule has 0 aliphatic rings. The van der Waals surface area contributed by atoms with Gasteiger partial charge in [0.15, 0.2) is 0 Å². The van der Waals surface area contributed by atoms with E-state index in [4.69, 9.17) is 9.97 Å². The van der Waals surface area contributed by atoms with Crippen molar-refractivity contribution in [3.63, 3.8) is 0 Å². The first kappa shape index (κ1) is 36.6. The molecule has 0 aliphatic heterocycles. The van der Waals surface area contributed by atoms with Crippen LogP contribution in [-0.2, 0) is 0 Å². The van der Waals surface area contributed by atoms with Gasteiger partial charge in [0.2, 0.25) is 5.95 Å². The van der Waals surface area contributed by atoms with Crippen molar-refractivity contribution in [1.29, 1.82) is 0 Å². The molecule has 4 nitrogen and oxygen atoms in total. The van der Waals surface area contributed by atoms with Gasteiger partial charge >= 0.3 is 0 Å². The van der Waals surface area contributed by atoms with Crippen molar-refractivity contribution in [3.05, 3.63) is 231 Å². The molecule has 4 heteroatoms. The van der Waals surface area contributed by atoms with E-state index in [1.807, 2.05) is 0 Å². The van der Waals surface area contributed by atoms with Gasteiger partial charge in [-0.05, 0) is 97.4 Å². The largest absolute Gasteiger partial charge is 0.309 e. The lowest BCUT2D eigenvalue weighted by Gasteiger charge is -2.14. The Morgan fingerprint density at radius 2 is 0.682 bits per heavy atom. The molecule has 14 rings (SSSR count). The lowest BCUT2D eigenvalue weighted by molar-refractivity contribution is 0.997. The molecule has 3 aromatic heterocycles. The van der Waals surface area contributed by atoms with Gasteiger partial charge in [-0.3, -0.25) is 4.57 Å². The molecule has 0 bridgehead atoms. The third-order valence-corrected chi connectivity index (χ3v) is 13.7. The van der Waals surface area contributed by atoms with Crippen LogP contribution in [-0.4, -0.2) is 19.1 Å². The number of aromatic nitrogens is 4. The first-order valence-electron chi connectivity index (χ1n) is 22.6. The highest BCUT2D eigenvalue weighted by Gasteiger charge is 2.21. The van der Waals surface area contributed by atoms with Gasteiger partial charge in [0.25, 0.3) is 0 Å². The molecule has 11 aromatic carbocycles. The number of nitrogens with zero attached hydrogens (tertiary/aromatic N) is 4. The zero-order valence-corrected chi connectivity index (χ0v) is 35.7. The van der Waals surface area contributed by atoms with Gasteiger partial charge in [0.1, 0.15) is 0 Å². The summed E-state index contributed by atoms with van der Waals surface area (Å²) in [6, 6.07) is 83.4. The minimum atomic E-state index is 0.637. The number of hydrogen-bond acceptors (Lipinski definition) is 2. The third kappa shape index (κ3) is 5.52. The van der Waals surface area contributed by atoms with Crippen LogP contribution in [0, 0.1) is 0 Å². The van der Waals surface area contributed by atoms with Crippen LogP contribution < -0.4 is 0 Å². The Morgan fingerprint density at radius 3 is 1.27 bits per heavy atom. The molecular formula is C62H38N4. The average molecular weight is 839 g/mol. The van der Waals surface area contributed by atoms with Crippen molar-refractivity contribution in [2.45, 2.75) is 0 Å². The predicted molar refractivity (Wildman–Crippen MR) is 277 cm³/mol. The maximum Gasteiger partial charge on any atom is 0.235 e. The van der Waals surface area contributed by atoms with E-state index in [0.717, 1.165) is 60.7 Å². The van der Waals surface area contributed by atoms with E-state index in [0.29, 0.717) is 5.95 Å². The Kier molecular flexibility index (Phi) is 7.95. The second-order valence-electron chi connectivity index (χ2n) is 17.3. The van der Waals surface area contributed by atoms with Crippen molar-refractivity contribution in [2.75, 3.05) is 0 Å². The van der Waals surface area contributed by atoms with Crippen LogP contribution in [0.1, 0.15) is 0 Å². The molecule has 0 fully saturated rings. The molecule has 14 aromatic rings. The highest BCUT2D eigenvalue weighted by molar-refractivity contribution is 6.16. The Bertz CT molecular complexity index is 4200. The minimum absolute atomic E-state index is 0.637. The molecule has 0 atom stereocenters. The zero-order chi connectivity index (χ0) is 43.3. The molecule has 0 N–H and O–H groups in total. The smallest absolute Gasteiger partial charge is 0.235 e. The molecule has 0 aliphatic carbocycles. The second kappa shape index (κ2) is 14.3. The normalized spacial score (nSPS) is 11.9. The fourth-order valence-electron chi connectivity index (χ4n) is 10.7. The van der Waals surface area contributed by atoms with E-state index in [2.05, 4.69) is 240 Å². The molecular weight excluding hydrogens is 801 g/mol.